The highest BCUT2D eigenvalue weighted by molar-refractivity contribution is 5.87. The van der Waals surface area contributed by atoms with E-state index in [4.69, 9.17) is 0 Å². The summed E-state index contributed by atoms with van der Waals surface area (Å²) in [5.74, 6) is 2.64. The number of aromatic nitrogens is 6. The molecule has 2 aliphatic heterocycles. The lowest BCUT2D eigenvalue weighted by atomic mass is 10.1. The molecule has 5 heterocycles. The second-order valence-electron chi connectivity index (χ2n) is 7.23. The fourth-order valence-corrected chi connectivity index (χ4v) is 3.95. The molecule has 0 aliphatic carbocycles. The number of nitrogens with zero attached hydrogens (tertiary/aromatic N) is 9. The van der Waals surface area contributed by atoms with Crippen LogP contribution in [0.25, 0.3) is 11.0 Å². The molecule has 0 bridgehead atoms. The number of hydrogen-bond donors (Lipinski definition) is 0. The van der Waals surface area contributed by atoms with Crippen molar-refractivity contribution in [1.82, 2.24) is 34.6 Å². The standard InChI is InChI=1S/C18H23N9/c1-13-22-16-15(10-21-24(16)2)17(23-13)27-11-14(12-27)25-6-8-26(9-7-25)18-19-4-3-5-20-18/h3-5,10,14H,6-9,11-12H2,1-2H3. The summed E-state index contributed by atoms with van der Waals surface area (Å²) < 4.78 is 1.82. The van der Waals surface area contributed by atoms with Crippen LogP contribution >= 0.6 is 0 Å². The van der Waals surface area contributed by atoms with Crippen molar-refractivity contribution in [2.45, 2.75) is 13.0 Å². The minimum atomic E-state index is 0.575. The SMILES string of the molecule is Cc1nc(N2CC(N3CCN(c4ncccn4)CC3)C2)c2cnn(C)c2n1. The van der Waals surface area contributed by atoms with Crippen LogP contribution in [0, 0.1) is 6.92 Å². The van der Waals surface area contributed by atoms with Crippen LogP contribution in [-0.2, 0) is 7.05 Å². The first kappa shape index (κ1) is 16.4. The molecule has 27 heavy (non-hydrogen) atoms. The average Bonchev–Trinajstić information content (AvgIpc) is 3.03. The quantitative estimate of drug-likeness (QED) is 0.663. The second-order valence-corrected chi connectivity index (χ2v) is 7.23. The molecule has 0 aromatic carbocycles. The van der Waals surface area contributed by atoms with Gasteiger partial charge in [0, 0.05) is 64.8 Å². The molecule has 9 heteroatoms. The summed E-state index contributed by atoms with van der Waals surface area (Å²) in [5.41, 5.74) is 0.900. The molecule has 140 valence electrons. The summed E-state index contributed by atoms with van der Waals surface area (Å²) in [7, 11) is 1.92. The van der Waals surface area contributed by atoms with Crippen LogP contribution in [-0.4, -0.2) is 79.9 Å². The Morgan fingerprint density at radius 2 is 1.70 bits per heavy atom. The van der Waals surface area contributed by atoms with E-state index in [1.807, 2.05) is 30.9 Å². The molecule has 0 N–H and O–H groups in total. The Morgan fingerprint density at radius 3 is 2.44 bits per heavy atom. The van der Waals surface area contributed by atoms with Crippen molar-refractivity contribution in [3.05, 3.63) is 30.5 Å². The van der Waals surface area contributed by atoms with Gasteiger partial charge in [-0.2, -0.15) is 5.10 Å². The van der Waals surface area contributed by atoms with Gasteiger partial charge in [-0.05, 0) is 13.0 Å². The van der Waals surface area contributed by atoms with Crippen LogP contribution < -0.4 is 9.80 Å². The number of anilines is 2. The van der Waals surface area contributed by atoms with E-state index in [1.54, 1.807) is 12.4 Å². The highest BCUT2D eigenvalue weighted by atomic mass is 15.4. The molecule has 0 spiro atoms. The van der Waals surface area contributed by atoms with Crippen molar-refractivity contribution >= 4 is 22.8 Å². The normalized spacial score (nSPS) is 18.9. The molecule has 5 rings (SSSR count). The molecule has 0 amide bonds. The van der Waals surface area contributed by atoms with Gasteiger partial charge in [0.15, 0.2) is 5.65 Å². The van der Waals surface area contributed by atoms with Crippen LogP contribution in [0.2, 0.25) is 0 Å². The maximum atomic E-state index is 4.69. The predicted molar refractivity (Wildman–Crippen MR) is 103 cm³/mol. The molecule has 2 fully saturated rings. The van der Waals surface area contributed by atoms with E-state index >= 15 is 0 Å². The number of hydrogen-bond acceptors (Lipinski definition) is 8. The van der Waals surface area contributed by atoms with E-state index in [9.17, 15) is 0 Å². The molecule has 2 aliphatic rings. The molecule has 0 saturated carbocycles. The van der Waals surface area contributed by atoms with Crippen molar-refractivity contribution < 1.29 is 0 Å². The maximum absolute atomic E-state index is 4.69. The first-order valence-electron chi connectivity index (χ1n) is 9.36. The lowest BCUT2D eigenvalue weighted by Gasteiger charge is -2.48. The van der Waals surface area contributed by atoms with Crippen molar-refractivity contribution in [1.29, 1.82) is 0 Å². The van der Waals surface area contributed by atoms with Crippen molar-refractivity contribution in [2.75, 3.05) is 49.1 Å². The number of aryl methyl sites for hydroxylation is 2. The molecule has 0 atom stereocenters. The Morgan fingerprint density at radius 1 is 0.963 bits per heavy atom. The Hall–Kier alpha value is -2.81. The van der Waals surface area contributed by atoms with Crippen LogP contribution in [0.1, 0.15) is 5.82 Å². The summed E-state index contributed by atoms with van der Waals surface area (Å²) in [6, 6.07) is 2.43. The number of fused-ring (bicyclic) bond motifs is 1. The molecular weight excluding hydrogens is 342 g/mol. The third-order valence-electron chi connectivity index (χ3n) is 5.51. The minimum absolute atomic E-state index is 0.575. The van der Waals surface area contributed by atoms with Gasteiger partial charge in [-0.1, -0.05) is 0 Å². The summed E-state index contributed by atoms with van der Waals surface area (Å²) in [4.78, 5) is 25.1. The van der Waals surface area contributed by atoms with Crippen LogP contribution in [0.3, 0.4) is 0 Å². The van der Waals surface area contributed by atoms with Gasteiger partial charge in [-0.3, -0.25) is 9.58 Å². The van der Waals surface area contributed by atoms with Crippen LogP contribution in [0.4, 0.5) is 11.8 Å². The molecule has 0 unspecified atom stereocenters. The van der Waals surface area contributed by atoms with E-state index in [2.05, 4.69) is 39.7 Å². The zero-order valence-corrected chi connectivity index (χ0v) is 15.7. The average molecular weight is 365 g/mol. The second kappa shape index (κ2) is 6.41. The molecule has 9 nitrogen and oxygen atoms in total. The van der Waals surface area contributed by atoms with Gasteiger partial charge in [0.2, 0.25) is 5.95 Å². The minimum Gasteiger partial charge on any atom is -0.353 e. The van der Waals surface area contributed by atoms with Gasteiger partial charge in [0.25, 0.3) is 0 Å². The van der Waals surface area contributed by atoms with Gasteiger partial charge in [-0.25, -0.2) is 19.9 Å². The van der Waals surface area contributed by atoms with E-state index < -0.39 is 0 Å². The van der Waals surface area contributed by atoms with E-state index in [1.165, 1.54) is 0 Å². The zero-order valence-electron chi connectivity index (χ0n) is 15.7. The maximum Gasteiger partial charge on any atom is 0.225 e. The van der Waals surface area contributed by atoms with Crippen molar-refractivity contribution in [3.8, 4) is 0 Å². The summed E-state index contributed by atoms with van der Waals surface area (Å²) >= 11 is 0. The lowest BCUT2D eigenvalue weighted by molar-refractivity contribution is 0.156. The molecule has 3 aromatic rings. The van der Waals surface area contributed by atoms with Gasteiger partial charge < -0.3 is 9.80 Å². The van der Waals surface area contributed by atoms with Gasteiger partial charge in [0.1, 0.15) is 11.6 Å². The van der Waals surface area contributed by atoms with Crippen LogP contribution in [0.5, 0.6) is 0 Å². The third kappa shape index (κ3) is 2.87. The van der Waals surface area contributed by atoms with Crippen molar-refractivity contribution in [2.24, 2.45) is 7.05 Å². The fourth-order valence-electron chi connectivity index (χ4n) is 3.95. The summed E-state index contributed by atoms with van der Waals surface area (Å²) in [6.45, 7) is 7.98. The fraction of sp³-hybridized carbons (Fsp3) is 0.500. The Bertz CT molecular complexity index is 940. The van der Waals surface area contributed by atoms with Gasteiger partial charge in [0.05, 0.1) is 11.6 Å². The largest absolute Gasteiger partial charge is 0.353 e. The van der Waals surface area contributed by atoms with E-state index in [0.29, 0.717) is 6.04 Å². The predicted octanol–water partition coefficient (Wildman–Crippen LogP) is 0.473. The van der Waals surface area contributed by atoms with E-state index in [-0.39, 0.29) is 0 Å². The Balaban J connectivity index is 1.23. The molecule has 2 saturated heterocycles. The monoisotopic (exact) mass is 365 g/mol. The number of piperazine rings is 1. The highest BCUT2D eigenvalue weighted by Crippen LogP contribution is 2.29. The highest BCUT2D eigenvalue weighted by Gasteiger charge is 2.35. The van der Waals surface area contributed by atoms with Gasteiger partial charge in [-0.15, -0.1) is 0 Å². The van der Waals surface area contributed by atoms with Crippen molar-refractivity contribution in [3.63, 3.8) is 0 Å². The molecule has 0 radical (unpaired) electrons. The first-order valence-corrected chi connectivity index (χ1v) is 9.36. The number of rotatable bonds is 3. The zero-order chi connectivity index (χ0) is 18.4. The molecule has 3 aromatic heterocycles. The smallest absolute Gasteiger partial charge is 0.225 e. The topological polar surface area (TPSA) is 79.1 Å². The first-order chi connectivity index (χ1) is 13.2. The van der Waals surface area contributed by atoms with E-state index in [0.717, 1.165) is 67.9 Å². The summed E-state index contributed by atoms with van der Waals surface area (Å²) in [5, 5.41) is 5.38. The molecular formula is C18H23N9. The Labute approximate surface area is 157 Å². The summed E-state index contributed by atoms with van der Waals surface area (Å²) in [6.07, 6.45) is 5.48. The third-order valence-corrected chi connectivity index (χ3v) is 5.51. The Kier molecular flexibility index (Phi) is 3.89. The lowest BCUT2D eigenvalue weighted by Crippen LogP contribution is -2.63. The van der Waals surface area contributed by atoms with Crippen LogP contribution in [0.15, 0.2) is 24.7 Å². The van der Waals surface area contributed by atoms with Gasteiger partial charge >= 0.3 is 0 Å².